The van der Waals surface area contributed by atoms with Crippen molar-refractivity contribution in [3.8, 4) is 5.75 Å². The quantitative estimate of drug-likeness (QED) is 0.404. The topological polar surface area (TPSA) is 63.2 Å². The number of nitrogens with one attached hydrogen (secondary N) is 2. The van der Waals surface area contributed by atoms with Gasteiger partial charge in [0.2, 0.25) is 5.91 Å². The van der Waals surface area contributed by atoms with Crippen LogP contribution < -0.4 is 15.4 Å². The minimum absolute atomic E-state index is 0.191. The third kappa shape index (κ3) is 7.04. The molecule has 0 aliphatic rings. The number of halogens is 3. The molecule has 0 atom stereocenters. The van der Waals surface area contributed by atoms with E-state index < -0.39 is 0 Å². The highest BCUT2D eigenvalue weighted by molar-refractivity contribution is 7.80. The van der Waals surface area contributed by atoms with Gasteiger partial charge in [0.1, 0.15) is 10.9 Å². The average molecular weight is 419 g/mol. The van der Waals surface area contributed by atoms with E-state index in [1.165, 1.54) is 6.20 Å². The summed E-state index contributed by atoms with van der Waals surface area (Å²) in [5.41, 5.74) is 0.635. The Morgan fingerprint density at radius 2 is 2.00 bits per heavy atom. The molecule has 0 radical (unpaired) electrons. The maximum atomic E-state index is 11.8. The molecule has 2 aromatic rings. The maximum absolute atomic E-state index is 11.8. The lowest BCUT2D eigenvalue weighted by molar-refractivity contribution is -0.119. The molecule has 0 aliphatic carbocycles. The van der Waals surface area contributed by atoms with Crippen LogP contribution in [0.25, 0.3) is 0 Å². The van der Waals surface area contributed by atoms with Crippen molar-refractivity contribution < 1.29 is 9.53 Å². The van der Waals surface area contributed by atoms with Gasteiger partial charge in [-0.15, -0.1) is 0 Å². The van der Waals surface area contributed by atoms with Crippen LogP contribution in [0, 0.1) is 0 Å². The van der Waals surface area contributed by atoms with Crippen LogP contribution in [0.3, 0.4) is 0 Å². The third-order valence-corrected chi connectivity index (χ3v) is 3.90. The number of carbonyl (C=O) groups is 1. The van der Waals surface area contributed by atoms with Gasteiger partial charge in [0, 0.05) is 11.4 Å². The molecule has 0 saturated heterocycles. The number of pyridine rings is 1. The smallest absolute Gasteiger partial charge is 0.226 e. The van der Waals surface area contributed by atoms with Gasteiger partial charge in [0.05, 0.1) is 23.5 Å². The van der Waals surface area contributed by atoms with Crippen LogP contribution in [0.5, 0.6) is 5.75 Å². The number of amides is 1. The van der Waals surface area contributed by atoms with E-state index in [9.17, 15) is 4.79 Å². The number of benzene rings is 1. The summed E-state index contributed by atoms with van der Waals surface area (Å²) in [7, 11) is 0. The van der Waals surface area contributed by atoms with Crippen LogP contribution in [0.1, 0.15) is 12.8 Å². The number of hydrogen-bond donors (Lipinski definition) is 2. The standard InChI is InChI=1S/C16H14Cl3N3O2S/c17-10-3-5-13(12(18)8-10)24-7-1-2-15(23)22-16(25)21-11-4-6-14(19)20-9-11/h3-6,8-9H,1-2,7H2,(H2,21,22,23,25). The SMILES string of the molecule is O=C(CCCOc1ccc(Cl)cc1Cl)NC(=S)Nc1ccc(Cl)nc1. The lowest BCUT2D eigenvalue weighted by Gasteiger charge is -2.10. The fraction of sp³-hybridized carbons (Fsp3) is 0.188. The first-order chi connectivity index (χ1) is 11.9. The summed E-state index contributed by atoms with van der Waals surface area (Å²) in [5, 5.41) is 6.96. The number of ether oxygens (including phenoxy) is 1. The summed E-state index contributed by atoms with van der Waals surface area (Å²) >= 11 is 22.6. The summed E-state index contributed by atoms with van der Waals surface area (Å²) < 4.78 is 5.51. The van der Waals surface area contributed by atoms with Crippen LogP contribution in [-0.2, 0) is 4.79 Å². The van der Waals surface area contributed by atoms with E-state index >= 15 is 0 Å². The Bertz CT molecular complexity index is 757. The largest absolute Gasteiger partial charge is 0.492 e. The Morgan fingerprint density at radius 1 is 1.20 bits per heavy atom. The highest BCUT2D eigenvalue weighted by atomic mass is 35.5. The van der Waals surface area contributed by atoms with Gasteiger partial charge in [0.25, 0.3) is 0 Å². The monoisotopic (exact) mass is 417 g/mol. The zero-order valence-electron chi connectivity index (χ0n) is 12.9. The second-order valence-corrected chi connectivity index (χ2v) is 6.54. The van der Waals surface area contributed by atoms with Crippen LogP contribution >= 0.6 is 47.0 Å². The lowest BCUT2D eigenvalue weighted by Crippen LogP contribution is -2.34. The van der Waals surface area contributed by atoms with Crippen molar-refractivity contribution in [2.24, 2.45) is 0 Å². The first-order valence-corrected chi connectivity index (χ1v) is 8.78. The summed E-state index contributed by atoms with van der Waals surface area (Å²) in [6.07, 6.45) is 2.28. The van der Waals surface area contributed by atoms with E-state index in [2.05, 4.69) is 15.6 Å². The van der Waals surface area contributed by atoms with Crippen LogP contribution in [0.2, 0.25) is 15.2 Å². The number of rotatable bonds is 6. The van der Waals surface area contributed by atoms with E-state index in [-0.39, 0.29) is 17.4 Å². The Labute approximate surface area is 165 Å². The third-order valence-electron chi connectivity index (χ3n) is 2.94. The molecule has 0 aliphatic heterocycles. The Hall–Kier alpha value is -1.60. The minimum Gasteiger partial charge on any atom is -0.492 e. The van der Waals surface area contributed by atoms with E-state index in [0.29, 0.717) is 39.7 Å². The summed E-state index contributed by atoms with van der Waals surface area (Å²) in [4.78, 5) is 15.8. The van der Waals surface area contributed by atoms with E-state index in [1.807, 2.05) is 0 Å². The zero-order valence-corrected chi connectivity index (χ0v) is 16.0. The first-order valence-electron chi connectivity index (χ1n) is 7.24. The highest BCUT2D eigenvalue weighted by Gasteiger charge is 2.07. The molecule has 0 unspecified atom stereocenters. The number of aromatic nitrogens is 1. The molecule has 9 heteroatoms. The van der Waals surface area contributed by atoms with E-state index in [0.717, 1.165) is 0 Å². The second kappa shape index (κ2) is 9.77. The summed E-state index contributed by atoms with van der Waals surface area (Å²) in [5.74, 6) is 0.309. The fourth-order valence-electron chi connectivity index (χ4n) is 1.81. The molecular formula is C16H14Cl3N3O2S. The maximum Gasteiger partial charge on any atom is 0.226 e. The van der Waals surface area contributed by atoms with Gasteiger partial charge in [-0.2, -0.15) is 0 Å². The van der Waals surface area contributed by atoms with Crippen molar-refractivity contribution in [3.63, 3.8) is 0 Å². The number of hydrogen-bond acceptors (Lipinski definition) is 4. The summed E-state index contributed by atoms with van der Waals surface area (Å²) in [6, 6.07) is 8.29. The molecule has 2 rings (SSSR count). The number of thiocarbonyl (C=S) groups is 1. The molecule has 132 valence electrons. The van der Waals surface area contributed by atoms with Crippen molar-refractivity contribution in [2.75, 3.05) is 11.9 Å². The molecule has 25 heavy (non-hydrogen) atoms. The lowest BCUT2D eigenvalue weighted by atomic mass is 10.3. The molecule has 0 saturated carbocycles. The van der Waals surface area contributed by atoms with Gasteiger partial charge in [-0.25, -0.2) is 4.98 Å². The average Bonchev–Trinajstić information content (AvgIpc) is 2.55. The van der Waals surface area contributed by atoms with Gasteiger partial charge >= 0.3 is 0 Å². The normalized spacial score (nSPS) is 10.2. The molecule has 1 aromatic heterocycles. The van der Waals surface area contributed by atoms with Gasteiger partial charge in [-0.3, -0.25) is 4.79 Å². The minimum atomic E-state index is -0.217. The molecule has 2 N–H and O–H groups in total. The molecule has 0 bridgehead atoms. The zero-order chi connectivity index (χ0) is 18.2. The molecule has 1 amide bonds. The van der Waals surface area contributed by atoms with Crippen molar-refractivity contribution in [1.82, 2.24) is 10.3 Å². The van der Waals surface area contributed by atoms with Gasteiger partial charge in [0.15, 0.2) is 5.11 Å². The molecule has 1 aromatic carbocycles. The van der Waals surface area contributed by atoms with Gasteiger partial charge in [-0.05, 0) is 49.0 Å². The highest BCUT2D eigenvalue weighted by Crippen LogP contribution is 2.27. The summed E-state index contributed by atoms with van der Waals surface area (Å²) in [6.45, 7) is 0.343. The molecule has 0 fully saturated rings. The Kier molecular flexibility index (Phi) is 7.71. The van der Waals surface area contributed by atoms with Gasteiger partial charge in [-0.1, -0.05) is 34.8 Å². The van der Waals surface area contributed by atoms with E-state index in [4.69, 9.17) is 51.8 Å². The molecule has 0 spiro atoms. The van der Waals surface area contributed by atoms with Crippen molar-refractivity contribution >= 4 is 63.7 Å². The predicted molar refractivity (Wildman–Crippen MR) is 105 cm³/mol. The van der Waals surface area contributed by atoms with Crippen LogP contribution in [0.15, 0.2) is 36.5 Å². The second-order valence-electron chi connectivity index (χ2n) is 4.90. The van der Waals surface area contributed by atoms with E-state index in [1.54, 1.807) is 30.3 Å². The van der Waals surface area contributed by atoms with Crippen LogP contribution in [0.4, 0.5) is 5.69 Å². The first kappa shape index (κ1) is 19.7. The fourth-order valence-corrected chi connectivity index (χ4v) is 2.61. The van der Waals surface area contributed by atoms with Crippen molar-refractivity contribution in [1.29, 1.82) is 0 Å². The molecule has 5 nitrogen and oxygen atoms in total. The Balaban J connectivity index is 1.68. The number of anilines is 1. The molecule has 1 heterocycles. The van der Waals surface area contributed by atoms with Crippen molar-refractivity contribution in [2.45, 2.75) is 12.8 Å². The molecular weight excluding hydrogens is 405 g/mol. The number of nitrogens with zero attached hydrogens (tertiary/aromatic N) is 1. The predicted octanol–water partition coefficient (Wildman–Crippen LogP) is 4.71. The Morgan fingerprint density at radius 3 is 2.68 bits per heavy atom. The van der Waals surface area contributed by atoms with Gasteiger partial charge < -0.3 is 15.4 Å². The number of carbonyl (C=O) groups excluding carboxylic acids is 1. The van der Waals surface area contributed by atoms with Crippen molar-refractivity contribution in [3.05, 3.63) is 51.7 Å². The van der Waals surface area contributed by atoms with Crippen LogP contribution in [-0.4, -0.2) is 22.6 Å².